The summed E-state index contributed by atoms with van der Waals surface area (Å²) in [5.41, 5.74) is 3.11. The Bertz CT molecular complexity index is 361. The number of hydrogen-bond donors (Lipinski definition) is 1. The second kappa shape index (κ2) is 4.32. The fraction of sp³-hybridized carbons (Fsp3) is 0.444. The quantitative estimate of drug-likeness (QED) is 0.823. The van der Waals surface area contributed by atoms with Crippen molar-refractivity contribution >= 4 is 0 Å². The summed E-state index contributed by atoms with van der Waals surface area (Å²) in [5, 5.41) is 0. The van der Waals surface area contributed by atoms with Crippen LogP contribution in [-0.4, -0.2) is 17.5 Å². The molecule has 1 heterocycles. The van der Waals surface area contributed by atoms with Crippen LogP contribution in [0, 0.1) is 0 Å². The number of nitrogens with two attached hydrogens (primary N) is 1. The second-order valence-corrected chi connectivity index (χ2v) is 3.27. The molecule has 0 saturated carbocycles. The molecule has 0 aliphatic rings. The van der Waals surface area contributed by atoms with E-state index in [4.69, 9.17) is 5.73 Å². The molecule has 0 unspecified atom stereocenters. The fourth-order valence-electron chi connectivity index (χ4n) is 1.18. The van der Waals surface area contributed by atoms with E-state index in [1.165, 1.54) is 0 Å². The van der Waals surface area contributed by atoms with E-state index in [1.807, 2.05) is 0 Å². The van der Waals surface area contributed by atoms with Crippen LogP contribution in [0.2, 0.25) is 0 Å². The molecule has 2 N–H and O–H groups in total. The van der Waals surface area contributed by atoms with Crippen molar-refractivity contribution in [2.45, 2.75) is 18.5 Å². The van der Waals surface area contributed by atoms with Crippen LogP contribution in [0.1, 0.15) is 11.1 Å². The predicted molar refractivity (Wildman–Crippen MR) is 46.9 cm³/mol. The van der Waals surface area contributed by atoms with Gasteiger partial charge in [0.25, 0.3) is 5.92 Å². The molecule has 2 nitrogen and oxygen atoms in total. The van der Waals surface area contributed by atoms with Gasteiger partial charge in [-0.2, -0.15) is 13.2 Å². The molecule has 1 aromatic rings. The summed E-state index contributed by atoms with van der Waals surface area (Å²) >= 11 is 0. The van der Waals surface area contributed by atoms with Crippen LogP contribution in [0.25, 0.3) is 0 Å². The monoisotopic (exact) mass is 240 g/mol. The molecule has 1 aromatic heterocycles. The molecular weight excluding hydrogens is 231 g/mol. The Labute approximate surface area is 88.3 Å². The van der Waals surface area contributed by atoms with Gasteiger partial charge in [0.2, 0.25) is 0 Å². The fourth-order valence-corrected chi connectivity index (χ4v) is 1.18. The summed E-state index contributed by atoms with van der Waals surface area (Å²) in [5.74, 6) is -3.35. The second-order valence-electron chi connectivity index (χ2n) is 3.27. The highest BCUT2D eigenvalue weighted by Crippen LogP contribution is 2.33. The smallest absolute Gasteiger partial charge is 0.325 e. The first kappa shape index (κ1) is 12.8. The van der Waals surface area contributed by atoms with E-state index in [9.17, 15) is 22.0 Å². The highest BCUT2D eigenvalue weighted by molar-refractivity contribution is 5.27. The first-order valence-corrected chi connectivity index (χ1v) is 4.34. The topological polar surface area (TPSA) is 38.9 Å². The number of nitrogens with zero attached hydrogens (tertiary/aromatic N) is 1. The van der Waals surface area contributed by atoms with Gasteiger partial charge in [0, 0.05) is 18.8 Å². The minimum Gasteiger partial charge on any atom is -0.325 e. The van der Waals surface area contributed by atoms with Crippen molar-refractivity contribution in [1.29, 1.82) is 0 Å². The number of alkyl halides is 5. The number of rotatable bonds is 3. The molecule has 0 atom stereocenters. The van der Waals surface area contributed by atoms with Crippen molar-refractivity contribution < 1.29 is 22.0 Å². The Morgan fingerprint density at radius 1 is 1.19 bits per heavy atom. The van der Waals surface area contributed by atoms with E-state index in [0.29, 0.717) is 6.20 Å². The molecule has 7 heteroatoms. The molecule has 16 heavy (non-hydrogen) atoms. The molecule has 1 rings (SSSR count). The van der Waals surface area contributed by atoms with Crippen molar-refractivity contribution in [2.75, 3.05) is 6.54 Å². The summed E-state index contributed by atoms with van der Waals surface area (Å²) in [6.45, 7) is -0.993. The van der Waals surface area contributed by atoms with Crippen LogP contribution in [-0.2, 0) is 12.6 Å². The van der Waals surface area contributed by atoms with Crippen molar-refractivity contribution in [2.24, 2.45) is 5.73 Å². The summed E-state index contributed by atoms with van der Waals surface area (Å²) in [4.78, 5) is 3.27. The first-order chi connectivity index (χ1) is 7.26. The van der Waals surface area contributed by atoms with E-state index in [2.05, 4.69) is 4.98 Å². The van der Waals surface area contributed by atoms with Gasteiger partial charge in [-0.25, -0.2) is 8.78 Å². The van der Waals surface area contributed by atoms with E-state index in [0.717, 1.165) is 12.3 Å². The lowest BCUT2D eigenvalue weighted by molar-refractivity contribution is -0.138. The highest BCUT2D eigenvalue weighted by Gasteiger charge is 2.37. The summed E-state index contributed by atoms with van der Waals surface area (Å²) in [6, 6.07) is 0.923. The van der Waals surface area contributed by atoms with Gasteiger partial charge < -0.3 is 5.73 Å². The Morgan fingerprint density at radius 3 is 2.31 bits per heavy atom. The first-order valence-electron chi connectivity index (χ1n) is 4.34. The van der Waals surface area contributed by atoms with Crippen molar-refractivity contribution in [3.63, 3.8) is 0 Å². The maximum absolute atomic E-state index is 12.9. The third-order valence-electron chi connectivity index (χ3n) is 1.96. The van der Waals surface area contributed by atoms with Gasteiger partial charge in [0.15, 0.2) is 0 Å². The average molecular weight is 240 g/mol. The van der Waals surface area contributed by atoms with Gasteiger partial charge in [-0.3, -0.25) is 4.98 Å². The average Bonchev–Trinajstić information content (AvgIpc) is 2.16. The minimum absolute atomic E-state index is 0.502. The number of hydrogen-bond acceptors (Lipinski definition) is 2. The molecule has 0 radical (unpaired) electrons. The van der Waals surface area contributed by atoms with Crippen LogP contribution < -0.4 is 5.73 Å². The van der Waals surface area contributed by atoms with E-state index in [-0.39, 0.29) is 0 Å². The van der Waals surface area contributed by atoms with Gasteiger partial charge >= 0.3 is 6.18 Å². The third-order valence-corrected chi connectivity index (χ3v) is 1.96. The largest absolute Gasteiger partial charge is 0.418 e. The Balaban J connectivity index is 3.06. The standard InChI is InChI=1S/C9H9F5N2/c10-8(11,5-15)3-6-1-2-16-4-7(6)9(12,13)14/h1-2,4H,3,5,15H2. The number of halogens is 5. The van der Waals surface area contributed by atoms with Gasteiger partial charge in [-0.1, -0.05) is 0 Å². The number of pyridine rings is 1. The summed E-state index contributed by atoms with van der Waals surface area (Å²) < 4.78 is 63.0. The zero-order valence-electron chi connectivity index (χ0n) is 8.06. The molecule has 0 aliphatic carbocycles. The van der Waals surface area contributed by atoms with Crippen LogP contribution in [0.3, 0.4) is 0 Å². The van der Waals surface area contributed by atoms with Crippen LogP contribution in [0.15, 0.2) is 18.5 Å². The lowest BCUT2D eigenvalue weighted by Crippen LogP contribution is -2.31. The molecule has 0 aromatic carbocycles. The third kappa shape index (κ3) is 3.13. The molecule has 0 saturated heterocycles. The maximum Gasteiger partial charge on any atom is 0.418 e. The van der Waals surface area contributed by atoms with Gasteiger partial charge in [0.05, 0.1) is 12.1 Å². The molecule has 0 aliphatic heterocycles. The highest BCUT2D eigenvalue weighted by atomic mass is 19.4. The van der Waals surface area contributed by atoms with Gasteiger partial charge in [-0.05, 0) is 11.6 Å². The lowest BCUT2D eigenvalue weighted by Gasteiger charge is -2.17. The van der Waals surface area contributed by atoms with Crippen molar-refractivity contribution in [1.82, 2.24) is 4.98 Å². The van der Waals surface area contributed by atoms with Gasteiger partial charge in [-0.15, -0.1) is 0 Å². The normalized spacial score (nSPS) is 12.9. The Hall–Kier alpha value is -1.24. The van der Waals surface area contributed by atoms with Crippen molar-refractivity contribution in [3.8, 4) is 0 Å². The SMILES string of the molecule is NCC(F)(F)Cc1ccncc1C(F)(F)F. The van der Waals surface area contributed by atoms with Gasteiger partial charge in [0.1, 0.15) is 0 Å². The molecular formula is C9H9F5N2. The zero-order chi connectivity index (χ0) is 12.4. The molecule has 0 amide bonds. The van der Waals surface area contributed by atoms with Crippen LogP contribution >= 0.6 is 0 Å². The Morgan fingerprint density at radius 2 is 1.81 bits per heavy atom. The van der Waals surface area contributed by atoms with E-state index in [1.54, 1.807) is 0 Å². The summed E-state index contributed by atoms with van der Waals surface area (Å²) in [6.07, 6.45) is -4.16. The van der Waals surface area contributed by atoms with Crippen molar-refractivity contribution in [3.05, 3.63) is 29.6 Å². The lowest BCUT2D eigenvalue weighted by atomic mass is 10.0. The summed E-state index contributed by atoms with van der Waals surface area (Å²) in [7, 11) is 0. The molecule has 0 fully saturated rings. The predicted octanol–water partition coefficient (Wildman–Crippen LogP) is 2.24. The molecule has 0 spiro atoms. The zero-order valence-corrected chi connectivity index (χ0v) is 8.06. The maximum atomic E-state index is 12.9. The molecule has 90 valence electrons. The molecule has 0 bridgehead atoms. The van der Waals surface area contributed by atoms with E-state index >= 15 is 0 Å². The van der Waals surface area contributed by atoms with E-state index < -0.39 is 36.2 Å². The Kier molecular flexibility index (Phi) is 3.47. The minimum atomic E-state index is -4.69. The number of aromatic nitrogens is 1. The van der Waals surface area contributed by atoms with Crippen LogP contribution in [0.4, 0.5) is 22.0 Å². The van der Waals surface area contributed by atoms with Crippen LogP contribution in [0.5, 0.6) is 0 Å².